The molecule has 0 saturated heterocycles. The van der Waals surface area contributed by atoms with Crippen molar-refractivity contribution in [2.24, 2.45) is 0 Å². The summed E-state index contributed by atoms with van der Waals surface area (Å²) in [6.07, 6.45) is 0.420. The summed E-state index contributed by atoms with van der Waals surface area (Å²) < 4.78 is 25.2. The third-order valence-corrected chi connectivity index (χ3v) is 5.84. The van der Waals surface area contributed by atoms with E-state index in [2.05, 4.69) is 15.5 Å². The Kier molecular flexibility index (Phi) is 5.20. The zero-order chi connectivity index (χ0) is 17.0. The molecule has 2 aromatic rings. The molecule has 0 aliphatic carbocycles. The van der Waals surface area contributed by atoms with Gasteiger partial charge in [-0.25, -0.2) is 8.42 Å². The first-order valence-corrected chi connectivity index (χ1v) is 9.14. The predicted molar refractivity (Wildman–Crippen MR) is 90.0 cm³/mol. The number of hydrogen-bond acceptors (Lipinski definition) is 4. The number of H-pyrrole nitrogens is 1. The van der Waals surface area contributed by atoms with Crippen molar-refractivity contribution in [2.45, 2.75) is 32.4 Å². The number of rotatable bonds is 6. The minimum absolute atomic E-state index is 0.420. The smallest absolute Gasteiger partial charge is 0.239 e. The minimum Gasteiger partial charge on any atom is -0.322 e. The zero-order valence-electron chi connectivity index (χ0n) is 13.5. The van der Waals surface area contributed by atoms with Gasteiger partial charge in [0.15, 0.2) is 9.84 Å². The largest absolute Gasteiger partial charge is 0.322 e. The Hall–Kier alpha value is -2.15. The number of carbonyl (C=O) groups is 1. The number of aryl methyl sites for hydroxylation is 2. The molecule has 23 heavy (non-hydrogen) atoms. The molecule has 124 valence electrons. The Morgan fingerprint density at radius 1 is 1.26 bits per heavy atom. The SMILES string of the molecule is CC[C@@H](c1ccccc1)S(=O)(=O)CC(=O)Nc1c(C)n[nH]c1C. The quantitative estimate of drug-likeness (QED) is 0.848. The summed E-state index contributed by atoms with van der Waals surface area (Å²) in [7, 11) is -3.60. The van der Waals surface area contributed by atoms with Crippen molar-refractivity contribution in [3.05, 3.63) is 47.3 Å². The van der Waals surface area contributed by atoms with Crippen molar-refractivity contribution in [1.82, 2.24) is 10.2 Å². The lowest BCUT2D eigenvalue weighted by molar-refractivity contribution is -0.113. The van der Waals surface area contributed by atoms with Crippen LogP contribution in [-0.4, -0.2) is 30.3 Å². The molecule has 1 atom stereocenters. The van der Waals surface area contributed by atoms with E-state index in [-0.39, 0.29) is 0 Å². The van der Waals surface area contributed by atoms with Gasteiger partial charge in [-0.05, 0) is 25.8 Å². The van der Waals surface area contributed by atoms with Crippen molar-refractivity contribution in [3.8, 4) is 0 Å². The number of aromatic amines is 1. The number of hydrogen-bond donors (Lipinski definition) is 2. The van der Waals surface area contributed by atoms with Gasteiger partial charge < -0.3 is 5.32 Å². The Bertz CT molecular complexity index is 763. The fourth-order valence-electron chi connectivity index (χ4n) is 2.56. The highest BCUT2D eigenvalue weighted by molar-refractivity contribution is 7.92. The standard InChI is InChI=1S/C16H21N3O3S/c1-4-14(13-8-6-5-7-9-13)23(21,22)10-15(20)17-16-11(2)18-19-12(16)3/h5-9,14H,4,10H2,1-3H3,(H,17,20)(H,18,19)/t14-/m0/s1. The fourth-order valence-corrected chi connectivity index (χ4v) is 4.28. The van der Waals surface area contributed by atoms with E-state index in [4.69, 9.17) is 0 Å². The van der Waals surface area contributed by atoms with Crippen LogP contribution >= 0.6 is 0 Å². The van der Waals surface area contributed by atoms with Crippen LogP contribution in [0.2, 0.25) is 0 Å². The molecule has 1 heterocycles. The van der Waals surface area contributed by atoms with Crippen LogP contribution in [0.3, 0.4) is 0 Å². The topological polar surface area (TPSA) is 91.9 Å². The van der Waals surface area contributed by atoms with Gasteiger partial charge in [-0.1, -0.05) is 37.3 Å². The third kappa shape index (κ3) is 3.98. The van der Waals surface area contributed by atoms with E-state index in [1.807, 2.05) is 6.07 Å². The molecule has 7 heteroatoms. The van der Waals surface area contributed by atoms with Crippen molar-refractivity contribution in [3.63, 3.8) is 0 Å². The van der Waals surface area contributed by atoms with Crippen molar-refractivity contribution < 1.29 is 13.2 Å². The van der Waals surface area contributed by atoms with Crippen LogP contribution in [0.15, 0.2) is 30.3 Å². The van der Waals surface area contributed by atoms with Crippen LogP contribution in [-0.2, 0) is 14.6 Å². The Morgan fingerprint density at radius 2 is 1.91 bits per heavy atom. The summed E-state index contributed by atoms with van der Waals surface area (Å²) in [6, 6.07) is 8.97. The van der Waals surface area contributed by atoms with E-state index in [1.54, 1.807) is 45.0 Å². The van der Waals surface area contributed by atoms with Gasteiger partial charge in [0, 0.05) is 0 Å². The summed E-state index contributed by atoms with van der Waals surface area (Å²) in [5, 5.41) is 8.68. The number of carbonyl (C=O) groups excluding carboxylic acids is 1. The summed E-state index contributed by atoms with van der Waals surface area (Å²) in [6.45, 7) is 5.31. The van der Waals surface area contributed by atoms with Crippen LogP contribution in [0.1, 0.15) is 35.5 Å². The normalized spacial score (nSPS) is 12.8. The number of anilines is 1. The van der Waals surface area contributed by atoms with Gasteiger partial charge in [-0.2, -0.15) is 5.10 Å². The van der Waals surface area contributed by atoms with Crippen molar-refractivity contribution in [1.29, 1.82) is 0 Å². The number of nitrogens with zero attached hydrogens (tertiary/aromatic N) is 1. The van der Waals surface area contributed by atoms with Gasteiger partial charge in [0.25, 0.3) is 0 Å². The molecule has 1 aromatic heterocycles. The van der Waals surface area contributed by atoms with Crippen LogP contribution in [0.4, 0.5) is 5.69 Å². The van der Waals surface area contributed by atoms with Gasteiger partial charge in [0.2, 0.25) is 5.91 Å². The molecular weight excluding hydrogens is 314 g/mol. The molecule has 1 aromatic carbocycles. The lowest BCUT2D eigenvalue weighted by Crippen LogP contribution is -2.27. The number of amides is 1. The average Bonchev–Trinajstić information content (AvgIpc) is 2.80. The van der Waals surface area contributed by atoms with E-state index in [0.29, 0.717) is 29.1 Å². The Balaban J connectivity index is 2.15. The Morgan fingerprint density at radius 3 is 2.43 bits per heavy atom. The highest BCUT2D eigenvalue weighted by Gasteiger charge is 2.28. The maximum Gasteiger partial charge on any atom is 0.239 e. The number of sulfone groups is 1. The molecule has 0 aliphatic heterocycles. The van der Waals surface area contributed by atoms with Crippen LogP contribution in [0.5, 0.6) is 0 Å². The fraction of sp³-hybridized carbons (Fsp3) is 0.375. The maximum atomic E-state index is 12.6. The van der Waals surface area contributed by atoms with E-state index in [0.717, 1.165) is 0 Å². The second-order valence-electron chi connectivity index (χ2n) is 5.47. The molecule has 2 rings (SSSR count). The van der Waals surface area contributed by atoms with E-state index in [9.17, 15) is 13.2 Å². The van der Waals surface area contributed by atoms with Crippen molar-refractivity contribution in [2.75, 3.05) is 11.1 Å². The molecule has 1 amide bonds. The van der Waals surface area contributed by atoms with Crippen LogP contribution in [0, 0.1) is 13.8 Å². The molecule has 0 radical (unpaired) electrons. The molecule has 2 N–H and O–H groups in total. The van der Waals surface area contributed by atoms with Gasteiger partial charge in [0.05, 0.1) is 22.3 Å². The molecule has 6 nitrogen and oxygen atoms in total. The van der Waals surface area contributed by atoms with Crippen LogP contribution < -0.4 is 5.32 Å². The summed E-state index contributed by atoms with van der Waals surface area (Å²) in [5.74, 6) is -1.10. The molecule has 0 saturated carbocycles. The summed E-state index contributed by atoms with van der Waals surface area (Å²) >= 11 is 0. The Labute approximate surface area is 136 Å². The number of benzene rings is 1. The number of nitrogens with one attached hydrogen (secondary N) is 2. The predicted octanol–water partition coefficient (Wildman–Crippen LogP) is 2.53. The minimum atomic E-state index is -3.60. The summed E-state index contributed by atoms with van der Waals surface area (Å²) in [4.78, 5) is 12.2. The van der Waals surface area contributed by atoms with E-state index < -0.39 is 26.7 Å². The van der Waals surface area contributed by atoms with E-state index >= 15 is 0 Å². The number of aromatic nitrogens is 2. The second-order valence-corrected chi connectivity index (χ2v) is 7.66. The van der Waals surface area contributed by atoms with Gasteiger partial charge in [-0.3, -0.25) is 9.89 Å². The maximum absolute atomic E-state index is 12.6. The average molecular weight is 335 g/mol. The molecule has 0 bridgehead atoms. The molecule has 0 spiro atoms. The van der Waals surface area contributed by atoms with Crippen molar-refractivity contribution >= 4 is 21.4 Å². The molecular formula is C16H21N3O3S. The molecule has 0 aliphatic rings. The van der Waals surface area contributed by atoms with E-state index in [1.165, 1.54) is 0 Å². The first-order chi connectivity index (χ1) is 10.8. The monoisotopic (exact) mass is 335 g/mol. The highest BCUT2D eigenvalue weighted by atomic mass is 32.2. The lowest BCUT2D eigenvalue weighted by Gasteiger charge is -2.16. The van der Waals surface area contributed by atoms with Crippen LogP contribution in [0.25, 0.3) is 0 Å². The molecule has 0 unspecified atom stereocenters. The van der Waals surface area contributed by atoms with Gasteiger partial charge >= 0.3 is 0 Å². The summed E-state index contributed by atoms with van der Waals surface area (Å²) in [5.41, 5.74) is 2.57. The second kappa shape index (κ2) is 6.95. The first-order valence-electron chi connectivity index (χ1n) is 7.43. The van der Waals surface area contributed by atoms with Gasteiger partial charge in [0.1, 0.15) is 5.75 Å². The lowest BCUT2D eigenvalue weighted by atomic mass is 10.1. The van der Waals surface area contributed by atoms with Gasteiger partial charge in [-0.15, -0.1) is 0 Å². The third-order valence-electron chi connectivity index (χ3n) is 3.70. The first kappa shape index (κ1) is 17.2. The zero-order valence-corrected chi connectivity index (χ0v) is 14.3. The molecule has 0 fully saturated rings. The highest BCUT2D eigenvalue weighted by Crippen LogP contribution is 2.26.